The Balaban J connectivity index is 1.80. The van der Waals surface area contributed by atoms with E-state index in [4.69, 9.17) is 5.11 Å². The lowest BCUT2D eigenvalue weighted by Crippen LogP contribution is -2.53. The molecule has 1 amide bonds. The predicted octanol–water partition coefficient (Wildman–Crippen LogP) is 0.0840. The van der Waals surface area contributed by atoms with E-state index in [1.165, 1.54) is 0 Å². The number of aromatic nitrogens is 3. The highest BCUT2D eigenvalue weighted by Crippen LogP contribution is 2.12. The fraction of sp³-hybridized carbons (Fsp3) is 0.250. The fourth-order valence-corrected chi connectivity index (χ4v) is 1.85. The Hall–Kier alpha value is -2.21. The molecule has 1 aliphatic heterocycles. The van der Waals surface area contributed by atoms with Crippen molar-refractivity contribution in [3.8, 4) is 5.69 Å². The number of hydrogen-bond acceptors (Lipinski definition) is 4. The molecule has 2 heterocycles. The SMILES string of the molecule is O=C(c1cn(-c2ccccc2)nn1)N1CC(O)C1. The third-order valence-corrected chi connectivity index (χ3v) is 2.88. The lowest BCUT2D eigenvalue weighted by Gasteiger charge is -2.35. The van der Waals surface area contributed by atoms with Gasteiger partial charge in [0.1, 0.15) is 0 Å². The zero-order valence-electron chi connectivity index (χ0n) is 9.60. The van der Waals surface area contributed by atoms with Crippen molar-refractivity contribution in [3.05, 3.63) is 42.2 Å². The summed E-state index contributed by atoms with van der Waals surface area (Å²) in [5, 5.41) is 16.9. The molecule has 1 N–H and O–H groups in total. The monoisotopic (exact) mass is 244 g/mol. The molecule has 1 fully saturated rings. The maximum absolute atomic E-state index is 11.9. The van der Waals surface area contributed by atoms with E-state index in [9.17, 15) is 4.79 Å². The number of benzene rings is 1. The second-order valence-electron chi connectivity index (χ2n) is 4.25. The molecule has 92 valence electrons. The highest BCUT2D eigenvalue weighted by Gasteiger charge is 2.30. The molecule has 0 unspecified atom stereocenters. The summed E-state index contributed by atoms with van der Waals surface area (Å²) in [6.07, 6.45) is 1.20. The van der Waals surface area contributed by atoms with Crippen LogP contribution in [-0.4, -0.2) is 50.1 Å². The standard InChI is InChI=1S/C12H12N4O2/c17-10-6-15(7-10)12(18)11-8-16(14-13-11)9-4-2-1-3-5-9/h1-5,8,10,17H,6-7H2. The Morgan fingerprint density at radius 1 is 1.28 bits per heavy atom. The zero-order chi connectivity index (χ0) is 12.5. The van der Waals surface area contributed by atoms with Crippen LogP contribution in [-0.2, 0) is 0 Å². The van der Waals surface area contributed by atoms with E-state index in [-0.39, 0.29) is 5.91 Å². The summed E-state index contributed by atoms with van der Waals surface area (Å²) in [4.78, 5) is 13.5. The van der Waals surface area contributed by atoms with Crippen LogP contribution in [0, 0.1) is 0 Å². The van der Waals surface area contributed by atoms with Crippen molar-refractivity contribution in [2.24, 2.45) is 0 Å². The first-order valence-electron chi connectivity index (χ1n) is 5.69. The first-order chi connectivity index (χ1) is 8.74. The van der Waals surface area contributed by atoms with Crippen LogP contribution in [0.5, 0.6) is 0 Å². The average Bonchev–Trinajstić information content (AvgIpc) is 2.85. The van der Waals surface area contributed by atoms with Crippen LogP contribution in [0.25, 0.3) is 5.69 Å². The number of aliphatic hydroxyl groups excluding tert-OH is 1. The minimum Gasteiger partial charge on any atom is -0.389 e. The fourth-order valence-electron chi connectivity index (χ4n) is 1.85. The van der Waals surface area contributed by atoms with Gasteiger partial charge in [-0.05, 0) is 12.1 Å². The number of para-hydroxylation sites is 1. The summed E-state index contributed by atoms with van der Waals surface area (Å²) in [6, 6.07) is 9.47. The van der Waals surface area contributed by atoms with E-state index in [1.807, 2.05) is 30.3 Å². The van der Waals surface area contributed by atoms with E-state index >= 15 is 0 Å². The smallest absolute Gasteiger partial charge is 0.276 e. The number of amides is 1. The first-order valence-corrected chi connectivity index (χ1v) is 5.69. The second-order valence-corrected chi connectivity index (χ2v) is 4.25. The Morgan fingerprint density at radius 2 is 2.00 bits per heavy atom. The van der Waals surface area contributed by atoms with E-state index in [1.54, 1.807) is 15.8 Å². The minimum absolute atomic E-state index is 0.192. The quantitative estimate of drug-likeness (QED) is 0.812. The molecule has 1 aromatic heterocycles. The van der Waals surface area contributed by atoms with E-state index in [2.05, 4.69) is 10.3 Å². The van der Waals surface area contributed by atoms with Crippen molar-refractivity contribution in [3.63, 3.8) is 0 Å². The van der Waals surface area contributed by atoms with Crippen LogP contribution in [0.4, 0.5) is 0 Å². The molecule has 0 aliphatic carbocycles. The Bertz CT molecular complexity index is 560. The lowest BCUT2D eigenvalue weighted by molar-refractivity contribution is 0.00549. The van der Waals surface area contributed by atoms with Crippen LogP contribution in [0.1, 0.15) is 10.5 Å². The van der Waals surface area contributed by atoms with Crippen molar-refractivity contribution in [2.45, 2.75) is 6.10 Å². The molecule has 0 spiro atoms. The number of carbonyl (C=O) groups is 1. The molecule has 0 saturated carbocycles. The van der Waals surface area contributed by atoms with Gasteiger partial charge in [-0.2, -0.15) is 0 Å². The minimum atomic E-state index is -0.405. The summed E-state index contributed by atoms with van der Waals surface area (Å²) < 4.78 is 1.56. The second kappa shape index (κ2) is 4.23. The van der Waals surface area contributed by atoms with Gasteiger partial charge in [0, 0.05) is 13.1 Å². The number of aliphatic hydroxyl groups is 1. The molecule has 2 aromatic rings. The Kier molecular flexibility index (Phi) is 2.56. The van der Waals surface area contributed by atoms with Crippen LogP contribution in [0.3, 0.4) is 0 Å². The van der Waals surface area contributed by atoms with E-state index < -0.39 is 6.10 Å². The third kappa shape index (κ3) is 1.86. The maximum atomic E-state index is 11.9. The van der Waals surface area contributed by atoms with Gasteiger partial charge in [0.15, 0.2) is 5.69 Å². The summed E-state index contributed by atoms with van der Waals surface area (Å²) in [5.74, 6) is -0.192. The molecule has 3 rings (SSSR count). The molecule has 1 saturated heterocycles. The van der Waals surface area contributed by atoms with Crippen LogP contribution in [0.15, 0.2) is 36.5 Å². The summed E-state index contributed by atoms with van der Waals surface area (Å²) >= 11 is 0. The molecule has 1 aromatic carbocycles. The number of nitrogens with zero attached hydrogens (tertiary/aromatic N) is 4. The molecular formula is C12H12N4O2. The van der Waals surface area contributed by atoms with Gasteiger partial charge in [0.25, 0.3) is 5.91 Å². The largest absolute Gasteiger partial charge is 0.389 e. The van der Waals surface area contributed by atoms with Gasteiger partial charge < -0.3 is 10.0 Å². The van der Waals surface area contributed by atoms with Gasteiger partial charge in [0.2, 0.25) is 0 Å². The van der Waals surface area contributed by atoms with Gasteiger partial charge in [-0.3, -0.25) is 4.79 Å². The van der Waals surface area contributed by atoms with E-state index in [0.717, 1.165) is 5.69 Å². The highest BCUT2D eigenvalue weighted by molar-refractivity contribution is 5.92. The first kappa shape index (κ1) is 10.9. The van der Waals surface area contributed by atoms with E-state index in [0.29, 0.717) is 18.8 Å². The predicted molar refractivity (Wildman–Crippen MR) is 63.3 cm³/mol. The summed E-state index contributed by atoms with van der Waals surface area (Å²) in [7, 11) is 0. The Labute approximate surface area is 103 Å². The normalized spacial score (nSPS) is 15.5. The van der Waals surface area contributed by atoms with Gasteiger partial charge in [-0.25, -0.2) is 4.68 Å². The molecule has 18 heavy (non-hydrogen) atoms. The average molecular weight is 244 g/mol. The van der Waals surface area contributed by atoms with Gasteiger partial charge >= 0.3 is 0 Å². The molecular weight excluding hydrogens is 232 g/mol. The van der Waals surface area contributed by atoms with Crippen molar-refractivity contribution < 1.29 is 9.90 Å². The highest BCUT2D eigenvalue weighted by atomic mass is 16.3. The molecule has 0 radical (unpaired) electrons. The molecule has 0 atom stereocenters. The number of hydrogen-bond donors (Lipinski definition) is 1. The van der Waals surface area contributed by atoms with Crippen LogP contribution in [0.2, 0.25) is 0 Å². The van der Waals surface area contributed by atoms with Crippen molar-refractivity contribution >= 4 is 5.91 Å². The van der Waals surface area contributed by atoms with Crippen LogP contribution >= 0.6 is 0 Å². The maximum Gasteiger partial charge on any atom is 0.276 e. The van der Waals surface area contributed by atoms with Crippen molar-refractivity contribution in [2.75, 3.05) is 13.1 Å². The molecule has 0 bridgehead atoms. The Morgan fingerprint density at radius 3 is 2.67 bits per heavy atom. The summed E-state index contributed by atoms with van der Waals surface area (Å²) in [5.41, 5.74) is 1.15. The topological polar surface area (TPSA) is 71.2 Å². The zero-order valence-corrected chi connectivity index (χ0v) is 9.60. The number of rotatable bonds is 2. The lowest BCUT2D eigenvalue weighted by atomic mass is 10.1. The summed E-state index contributed by atoms with van der Waals surface area (Å²) in [6.45, 7) is 0.744. The number of β-amino-alcohol motifs (C(OH)–C–C–N with tert-alkyl or cyclic N) is 1. The van der Waals surface area contributed by atoms with Crippen molar-refractivity contribution in [1.82, 2.24) is 19.9 Å². The van der Waals surface area contributed by atoms with Crippen molar-refractivity contribution in [1.29, 1.82) is 0 Å². The number of likely N-dealkylation sites (tertiary alicyclic amines) is 1. The van der Waals surface area contributed by atoms with Gasteiger partial charge in [-0.15, -0.1) is 5.10 Å². The van der Waals surface area contributed by atoms with Crippen LogP contribution < -0.4 is 0 Å². The molecule has 1 aliphatic rings. The number of carbonyl (C=O) groups excluding carboxylic acids is 1. The van der Waals surface area contributed by atoms with Gasteiger partial charge in [0.05, 0.1) is 18.0 Å². The van der Waals surface area contributed by atoms with Gasteiger partial charge in [-0.1, -0.05) is 23.4 Å². The molecule has 6 heteroatoms. The molecule has 6 nitrogen and oxygen atoms in total. The third-order valence-electron chi connectivity index (χ3n) is 2.88.